The molecule has 0 aromatic carbocycles. The summed E-state index contributed by atoms with van der Waals surface area (Å²) in [5, 5.41) is 0. The van der Waals surface area contributed by atoms with Gasteiger partial charge in [-0.05, 0) is 18.9 Å². The van der Waals surface area contributed by atoms with Crippen molar-refractivity contribution < 1.29 is 18.9 Å². The molecule has 0 amide bonds. The highest BCUT2D eigenvalue weighted by Crippen LogP contribution is 2.10. The first-order chi connectivity index (χ1) is 12.8. The summed E-state index contributed by atoms with van der Waals surface area (Å²) in [7, 11) is 1.61. The van der Waals surface area contributed by atoms with E-state index >= 15 is 0 Å². The average molecular weight is 373 g/mol. The summed E-state index contributed by atoms with van der Waals surface area (Å²) in [5.41, 5.74) is 0. The van der Waals surface area contributed by atoms with Crippen molar-refractivity contribution in [3.8, 4) is 0 Å². The van der Waals surface area contributed by atoms with Crippen LogP contribution in [0.1, 0.15) is 97.3 Å². The van der Waals surface area contributed by atoms with Gasteiger partial charge in [-0.1, -0.05) is 78.1 Å². The minimum atomic E-state index is -0.163. The minimum absolute atomic E-state index is 0.163. The molecule has 0 aliphatic heterocycles. The molecule has 0 heterocycles. The minimum Gasteiger partial charge on any atom is -0.476 e. The zero-order valence-corrected chi connectivity index (χ0v) is 17.7. The molecule has 0 unspecified atom stereocenters. The molecule has 0 saturated heterocycles. The molecule has 4 nitrogen and oxygen atoms in total. The summed E-state index contributed by atoms with van der Waals surface area (Å²) < 4.78 is 21.9. The van der Waals surface area contributed by atoms with Gasteiger partial charge in [0.05, 0.1) is 6.26 Å². The molecule has 0 aromatic rings. The zero-order chi connectivity index (χ0) is 19.1. The van der Waals surface area contributed by atoms with Gasteiger partial charge in [0, 0.05) is 26.7 Å². The first-order valence-corrected chi connectivity index (χ1v) is 10.8. The van der Waals surface area contributed by atoms with Crippen LogP contribution in [0, 0.1) is 0 Å². The topological polar surface area (TPSA) is 36.9 Å². The molecular formula is C22H44O4. The molecule has 0 fully saturated rings. The van der Waals surface area contributed by atoms with Gasteiger partial charge in [0.1, 0.15) is 0 Å². The standard InChI is InChI=1S/C22H44O4/c1-4-6-8-10-12-14-19-25-22(17-16-18-24-21-23-3)26-20-15-13-11-9-7-5-2/h16,18,22H,4-15,17,19-21H2,1-3H3. The van der Waals surface area contributed by atoms with Gasteiger partial charge in [0.25, 0.3) is 0 Å². The van der Waals surface area contributed by atoms with Gasteiger partial charge in [-0.2, -0.15) is 0 Å². The van der Waals surface area contributed by atoms with Crippen molar-refractivity contribution in [2.45, 2.75) is 104 Å². The number of methoxy groups -OCH3 is 1. The summed E-state index contributed by atoms with van der Waals surface area (Å²) in [6.07, 6.45) is 19.5. The lowest BCUT2D eigenvalue weighted by Gasteiger charge is -2.17. The number of unbranched alkanes of at least 4 members (excludes halogenated alkanes) is 10. The van der Waals surface area contributed by atoms with Gasteiger partial charge < -0.3 is 18.9 Å². The maximum atomic E-state index is 5.94. The Hall–Kier alpha value is -0.580. The Labute approximate surface area is 162 Å². The molecule has 4 heteroatoms. The van der Waals surface area contributed by atoms with E-state index in [1.807, 2.05) is 6.08 Å². The highest BCUT2D eigenvalue weighted by atomic mass is 16.7. The highest BCUT2D eigenvalue weighted by molar-refractivity contribution is 4.75. The van der Waals surface area contributed by atoms with Crippen LogP contribution in [-0.2, 0) is 18.9 Å². The van der Waals surface area contributed by atoms with Crippen LogP contribution in [0.3, 0.4) is 0 Å². The molecule has 0 aliphatic carbocycles. The van der Waals surface area contributed by atoms with E-state index in [4.69, 9.17) is 18.9 Å². The van der Waals surface area contributed by atoms with E-state index in [0.717, 1.165) is 32.5 Å². The molecule has 26 heavy (non-hydrogen) atoms. The van der Waals surface area contributed by atoms with Gasteiger partial charge in [0.15, 0.2) is 13.1 Å². The second-order valence-electron chi connectivity index (χ2n) is 6.89. The fourth-order valence-electron chi connectivity index (χ4n) is 2.72. The summed E-state index contributed by atoms with van der Waals surface area (Å²) in [6, 6.07) is 0. The van der Waals surface area contributed by atoms with Gasteiger partial charge >= 0.3 is 0 Å². The van der Waals surface area contributed by atoms with Crippen molar-refractivity contribution in [1.29, 1.82) is 0 Å². The lowest BCUT2D eigenvalue weighted by molar-refractivity contribution is -0.141. The maximum absolute atomic E-state index is 5.94. The van der Waals surface area contributed by atoms with Crippen molar-refractivity contribution >= 4 is 0 Å². The second-order valence-corrected chi connectivity index (χ2v) is 6.89. The summed E-state index contributed by atoms with van der Waals surface area (Å²) in [5.74, 6) is 0. The lowest BCUT2D eigenvalue weighted by atomic mass is 10.1. The quantitative estimate of drug-likeness (QED) is 0.129. The second kappa shape index (κ2) is 22.5. The molecule has 0 rings (SSSR count). The van der Waals surface area contributed by atoms with Crippen molar-refractivity contribution in [3.05, 3.63) is 12.3 Å². The summed E-state index contributed by atoms with van der Waals surface area (Å²) >= 11 is 0. The predicted molar refractivity (Wildman–Crippen MR) is 109 cm³/mol. The Morgan fingerprint density at radius 3 is 1.69 bits per heavy atom. The lowest BCUT2D eigenvalue weighted by Crippen LogP contribution is -2.18. The molecule has 0 radical (unpaired) electrons. The predicted octanol–water partition coefficient (Wildman–Crippen LogP) is 6.59. The molecule has 0 bridgehead atoms. The van der Waals surface area contributed by atoms with Gasteiger partial charge in [-0.15, -0.1) is 0 Å². The van der Waals surface area contributed by atoms with E-state index in [-0.39, 0.29) is 13.1 Å². The Morgan fingerprint density at radius 1 is 0.692 bits per heavy atom. The normalized spacial score (nSPS) is 11.7. The van der Waals surface area contributed by atoms with E-state index in [1.165, 1.54) is 64.2 Å². The zero-order valence-electron chi connectivity index (χ0n) is 17.7. The van der Waals surface area contributed by atoms with Crippen LogP contribution < -0.4 is 0 Å². The first kappa shape index (κ1) is 25.4. The summed E-state index contributed by atoms with van der Waals surface area (Å²) in [4.78, 5) is 0. The van der Waals surface area contributed by atoms with Crippen molar-refractivity contribution in [2.24, 2.45) is 0 Å². The van der Waals surface area contributed by atoms with Crippen LogP contribution >= 0.6 is 0 Å². The number of hydrogen-bond acceptors (Lipinski definition) is 4. The fourth-order valence-corrected chi connectivity index (χ4v) is 2.72. The Bertz CT molecular complexity index is 263. The maximum Gasteiger partial charge on any atom is 0.187 e. The van der Waals surface area contributed by atoms with Crippen LogP contribution in [0.25, 0.3) is 0 Å². The molecule has 0 N–H and O–H groups in total. The third-order valence-corrected chi connectivity index (χ3v) is 4.31. The molecule has 0 aromatic heterocycles. The highest BCUT2D eigenvalue weighted by Gasteiger charge is 2.07. The van der Waals surface area contributed by atoms with Gasteiger partial charge in [0.2, 0.25) is 0 Å². The number of rotatable bonds is 21. The monoisotopic (exact) mass is 372 g/mol. The average Bonchev–Trinajstić information content (AvgIpc) is 2.65. The van der Waals surface area contributed by atoms with Crippen molar-refractivity contribution in [2.75, 3.05) is 27.1 Å². The SMILES string of the molecule is CCCCCCCCOC(CC=COCOC)OCCCCCCCC. The molecule has 0 atom stereocenters. The third kappa shape index (κ3) is 19.7. The van der Waals surface area contributed by atoms with Crippen LogP contribution in [0.4, 0.5) is 0 Å². The largest absolute Gasteiger partial charge is 0.476 e. The molecular weight excluding hydrogens is 328 g/mol. The Morgan fingerprint density at radius 2 is 1.19 bits per heavy atom. The first-order valence-electron chi connectivity index (χ1n) is 10.8. The Kier molecular flexibility index (Phi) is 22.0. The molecule has 0 aliphatic rings. The van der Waals surface area contributed by atoms with Crippen LogP contribution in [0.2, 0.25) is 0 Å². The van der Waals surface area contributed by atoms with Gasteiger partial charge in [-0.3, -0.25) is 0 Å². The van der Waals surface area contributed by atoms with E-state index < -0.39 is 0 Å². The molecule has 156 valence electrons. The number of ether oxygens (including phenoxy) is 4. The van der Waals surface area contributed by atoms with E-state index in [2.05, 4.69) is 13.8 Å². The molecule has 0 spiro atoms. The smallest absolute Gasteiger partial charge is 0.187 e. The van der Waals surface area contributed by atoms with E-state index in [1.54, 1.807) is 13.4 Å². The van der Waals surface area contributed by atoms with Crippen molar-refractivity contribution in [3.63, 3.8) is 0 Å². The summed E-state index contributed by atoms with van der Waals surface area (Å²) in [6.45, 7) is 6.33. The van der Waals surface area contributed by atoms with Crippen LogP contribution in [0.5, 0.6) is 0 Å². The van der Waals surface area contributed by atoms with E-state index in [9.17, 15) is 0 Å². The fraction of sp³-hybridized carbons (Fsp3) is 0.909. The Balaban J connectivity index is 3.84. The van der Waals surface area contributed by atoms with E-state index in [0.29, 0.717) is 0 Å². The van der Waals surface area contributed by atoms with Crippen LogP contribution in [0.15, 0.2) is 12.3 Å². The number of hydrogen-bond donors (Lipinski definition) is 0. The third-order valence-electron chi connectivity index (χ3n) is 4.31. The molecule has 0 saturated carbocycles. The van der Waals surface area contributed by atoms with Gasteiger partial charge in [-0.25, -0.2) is 0 Å². The van der Waals surface area contributed by atoms with Crippen molar-refractivity contribution in [1.82, 2.24) is 0 Å². The van der Waals surface area contributed by atoms with Crippen LogP contribution in [-0.4, -0.2) is 33.4 Å².